The van der Waals surface area contributed by atoms with Crippen LogP contribution in [0, 0.1) is 0 Å². The lowest BCUT2D eigenvalue weighted by Crippen LogP contribution is -2.23. The van der Waals surface area contributed by atoms with Crippen LogP contribution >= 0.6 is 11.3 Å². The summed E-state index contributed by atoms with van der Waals surface area (Å²) >= 11 is 1.79. The normalized spacial score (nSPS) is 14.9. The maximum Gasteiger partial charge on any atom is 0.120 e. The van der Waals surface area contributed by atoms with E-state index in [0.717, 1.165) is 12.2 Å². The molecule has 2 nitrogen and oxygen atoms in total. The summed E-state index contributed by atoms with van der Waals surface area (Å²) in [4.78, 5) is 1.37. The molecule has 0 fully saturated rings. The highest BCUT2D eigenvalue weighted by Gasteiger charge is 2.16. The lowest BCUT2D eigenvalue weighted by Gasteiger charge is -2.19. The van der Waals surface area contributed by atoms with Crippen LogP contribution in [-0.2, 0) is 0 Å². The number of hydrogen-bond donors (Lipinski definition) is 1. The molecule has 0 aliphatic rings. The molecule has 0 amide bonds. The fourth-order valence-corrected chi connectivity index (χ4v) is 2.56. The number of hydrogen-bond acceptors (Lipinski definition) is 3. The Labute approximate surface area is 100 Å². The third-order valence-electron chi connectivity index (χ3n) is 2.72. The standard InChI is InChI=1S/C13H17NOS/c1-3-11(12-6-4-8-15-12)14-10(2)13-7-5-9-16-13/h4-11,14H,3H2,1-2H3. The summed E-state index contributed by atoms with van der Waals surface area (Å²) < 4.78 is 5.45. The molecule has 16 heavy (non-hydrogen) atoms. The summed E-state index contributed by atoms with van der Waals surface area (Å²) in [7, 11) is 0. The predicted octanol–water partition coefficient (Wildman–Crippen LogP) is 4.14. The Morgan fingerprint density at radius 2 is 2.25 bits per heavy atom. The van der Waals surface area contributed by atoms with Gasteiger partial charge in [-0.25, -0.2) is 0 Å². The molecule has 0 radical (unpaired) electrons. The van der Waals surface area contributed by atoms with Crippen LogP contribution in [0.2, 0.25) is 0 Å². The molecular weight excluding hydrogens is 218 g/mol. The van der Waals surface area contributed by atoms with Crippen molar-refractivity contribution in [2.75, 3.05) is 0 Å². The molecule has 0 bridgehead atoms. The van der Waals surface area contributed by atoms with Crippen molar-refractivity contribution in [2.24, 2.45) is 0 Å². The molecule has 2 unspecified atom stereocenters. The minimum atomic E-state index is 0.298. The van der Waals surface area contributed by atoms with Crippen LogP contribution in [0.15, 0.2) is 40.3 Å². The van der Waals surface area contributed by atoms with Gasteiger partial charge in [-0.05, 0) is 36.9 Å². The Hall–Kier alpha value is -1.06. The summed E-state index contributed by atoms with van der Waals surface area (Å²) in [6.45, 7) is 4.36. The van der Waals surface area contributed by atoms with E-state index in [4.69, 9.17) is 4.42 Å². The van der Waals surface area contributed by atoms with Gasteiger partial charge in [0.1, 0.15) is 5.76 Å². The molecule has 3 heteroatoms. The van der Waals surface area contributed by atoms with Crippen molar-refractivity contribution in [1.29, 1.82) is 0 Å². The molecule has 2 rings (SSSR count). The van der Waals surface area contributed by atoms with Crippen molar-refractivity contribution in [3.05, 3.63) is 46.5 Å². The number of thiophene rings is 1. The molecule has 2 heterocycles. The van der Waals surface area contributed by atoms with Crippen molar-refractivity contribution in [2.45, 2.75) is 32.4 Å². The second-order valence-corrected chi connectivity index (χ2v) is 4.86. The van der Waals surface area contributed by atoms with Crippen molar-refractivity contribution in [3.63, 3.8) is 0 Å². The zero-order valence-electron chi connectivity index (χ0n) is 9.64. The van der Waals surface area contributed by atoms with Crippen LogP contribution in [0.4, 0.5) is 0 Å². The average molecular weight is 235 g/mol. The second kappa shape index (κ2) is 5.32. The van der Waals surface area contributed by atoms with Gasteiger partial charge in [0.25, 0.3) is 0 Å². The van der Waals surface area contributed by atoms with Crippen LogP contribution in [-0.4, -0.2) is 0 Å². The SMILES string of the molecule is CCC(NC(C)c1cccs1)c1ccco1. The Morgan fingerprint density at radius 3 is 2.81 bits per heavy atom. The molecule has 0 saturated carbocycles. The zero-order valence-corrected chi connectivity index (χ0v) is 10.5. The summed E-state index contributed by atoms with van der Waals surface area (Å²) in [5.41, 5.74) is 0. The van der Waals surface area contributed by atoms with Gasteiger partial charge in [-0.1, -0.05) is 13.0 Å². The van der Waals surface area contributed by atoms with E-state index in [-0.39, 0.29) is 0 Å². The maximum absolute atomic E-state index is 5.45. The maximum atomic E-state index is 5.45. The van der Waals surface area contributed by atoms with Crippen molar-refractivity contribution in [1.82, 2.24) is 5.32 Å². The van der Waals surface area contributed by atoms with E-state index in [1.165, 1.54) is 4.88 Å². The van der Waals surface area contributed by atoms with Gasteiger partial charge < -0.3 is 4.42 Å². The molecule has 0 aliphatic carbocycles. The Bertz CT molecular complexity index is 394. The summed E-state index contributed by atoms with van der Waals surface area (Å²) in [6.07, 6.45) is 2.76. The van der Waals surface area contributed by atoms with E-state index in [1.807, 2.05) is 12.1 Å². The van der Waals surface area contributed by atoms with Gasteiger partial charge in [-0.3, -0.25) is 5.32 Å². The van der Waals surface area contributed by atoms with E-state index in [9.17, 15) is 0 Å². The quantitative estimate of drug-likeness (QED) is 0.842. The largest absolute Gasteiger partial charge is 0.468 e. The summed E-state index contributed by atoms with van der Waals surface area (Å²) in [5.74, 6) is 1.02. The molecule has 2 atom stereocenters. The zero-order chi connectivity index (χ0) is 11.4. The van der Waals surface area contributed by atoms with Gasteiger partial charge in [0.2, 0.25) is 0 Å². The lowest BCUT2D eigenvalue weighted by molar-refractivity contribution is 0.378. The van der Waals surface area contributed by atoms with Gasteiger partial charge in [-0.2, -0.15) is 0 Å². The van der Waals surface area contributed by atoms with Gasteiger partial charge in [0.05, 0.1) is 12.3 Å². The van der Waals surface area contributed by atoms with Gasteiger partial charge in [0.15, 0.2) is 0 Å². The van der Waals surface area contributed by atoms with E-state index < -0.39 is 0 Å². The molecule has 2 aromatic rings. The van der Waals surface area contributed by atoms with E-state index in [0.29, 0.717) is 12.1 Å². The summed E-state index contributed by atoms with van der Waals surface area (Å²) in [5, 5.41) is 5.70. The van der Waals surface area contributed by atoms with E-state index >= 15 is 0 Å². The monoisotopic (exact) mass is 235 g/mol. The highest BCUT2D eigenvalue weighted by molar-refractivity contribution is 7.10. The molecule has 0 spiro atoms. The highest BCUT2D eigenvalue weighted by atomic mass is 32.1. The van der Waals surface area contributed by atoms with Crippen molar-refractivity contribution in [3.8, 4) is 0 Å². The molecule has 2 aromatic heterocycles. The van der Waals surface area contributed by atoms with Crippen molar-refractivity contribution >= 4 is 11.3 Å². The first kappa shape index (κ1) is 11.4. The minimum absolute atomic E-state index is 0.298. The molecular formula is C13H17NOS. The first-order valence-corrected chi connectivity index (χ1v) is 6.52. The molecule has 0 saturated heterocycles. The topological polar surface area (TPSA) is 25.2 Å². The predicted molar refractivity (Wildman–Crippen MR) is 67.6 cm³/mol. The Morgan fingerprint density at radius 1 is 1.38 bits per heavy atom. The van der Waals surface area contributed by atoms with E-state index in [1.54, 1.807) is 17.6 Å². The Kier molecular flexibility index (Phi) is 3.80. The van der Waals surface area contributed by atoms with Crippen LogP contribution in [0.3, 0.4) is 0 Å². The third-order valence-corrected chi connectivity index (χ3v) is 3.77. The lowest BCUT2D eigenvalue weighted by atomic mass is 10.1. The van der Waals surface area contributed by atoms with Crippen LogP contribution in [0.5, 0.6) is 0 Å². The summed E-state index contributed by atoms with van der Waals surface area (Å²) in [6, 6.07) is 8.89. The van der Waals surface area contributed by atoms with Crippen LogP contribution < -0.4 is 5.32 Å². The van der Waals surface area contributed by atoms with Gasteiger partial charge >= 0.3 is 0 Å². The number of furan rings is 1. The van der Waals surface area contributed by atoms with E-state index in [2.05, 4.69) is 36.7 Å². The van der Waals surface area contributed by atoms with Crippen molar-refractivity contribution < 1.29 is 4.42 Å². The second-order valence-electron chi connectivity index (χ2n) is 3.88. The van der Waals surface area contributed by atoms with Crippen LogP contribution in [0.1, 0.15) is 43.0 Å². The third kappa shape index (κ3) is 2.54. The molecule has 0 aliphatic heterocycles. The van der Waals surface area contributed by atoms with Gasteiger partial charge in [-0.15, -0.1) is 11.3 Å². The minimum Gasteiger partial charge on any atom is -0.468 e. The Balaban J connectivity index is 2.02. The fourth-order valence-electron chi connectivity index (χ4n) is 1.81. The average Bonchev–Trinajstić information content (AvgIpc) is 2.96. The van der Waals surface area contributed by atoms with Gasteiger partial charge in [0, 0.05) is 10.9 Å². The molecule has 1 N–H and O–H groups in total. The first-order chi connectivity index (χ1) is 7.81. The molecule has 0 aromatic carbocycles. The smallest absolute Gasteiger partial charge is 0.120 e. The number of rotatable bonds is 5. The fraction of sp³-hybridized carbons (Fsp3) is 0.385. The highest BCUT2D eigenvalue weighted by Crippen LogP contribution is 2.24. The van der Waals surface area contributed by atoms with Crippen LogP contribution in [0.25, 0.3) is 0 Å². The first-order valence-electron chi connectivity index (χ1n) is 5.64. The molecule has 86 valence electrons. The number of nitrogens with one attached hydrogen (secondary N) is 1.